The Hall–Kier alpha value is -1.81. The average Bonchev–Trinajstić information content (AvgIpc) is 2.55. The SMILES string of the molecule is O=[N+]([O-])c1cc(F)c(N2CCC(N3CCS(=O)(=O)CC3)CC2)c(F)c1. The third kappa shape index (κ3) is 3.90. The van der Waals surface area contributed by atoms with E-state index in [4.69, 9.17) is 0 Å². The molecule has 2 aliphatic rings. The van der Waals surface area contributed by atoms with E-state index in [-0.39, 0.29) is 23.2 Å². The lowest BCUT2D eigenvalue weighted by Crippen LogP contribution is -2.50. The highest BCUT2D eigenvalue weighted by atomic mass is 32.2. The molecule has 0 aliphatic carbocycles. The van der Waals surface area contributed by atoms with E-state index in [1.54, 1.807) is 4.90 Å². The van der Waals surface area contributed by atoms with Crippen LogP contribution in [-0.2, 0) is 9.84 Å². The first-order valence-corrected chi connectivity index (χ1v) is 9.92. The van der Waals surface area contributed by atoms with Crippen molar-refractivity contribution in [2.75, 3.05) is 42.6 Å². The summed E-state index contributed by atoms with van der Waals surface area (Å²) in [5, 5.41) is 10.7. The van der Waals surface area contributed by atoms with Crippen LogP contribution in [0, 0.1) is 21.7 Å². The summed E-state index contributed by atoms with van der Waals surface area (Å²) in [5.41, 5.74) is -0.839. The van der Waals surface area contributed by atoms with E-state index >= 15 is 0 Å². The molecule has 0 spiro atoms. The maximum Gasteiger partial charge on any atom is 0.275 e. The Balaban J connectivity index is 1.66. The van der Waals surface area contributed by atoms with Crippen molar-refractivity contribution < 1.29 is 22.1 Å². The fourth-order valence-corrected chi connectivity index (χ4v) is 4.74. The number of halogens is 2. The lowest BCUT2D eigenvalue weighted by molar-refractivity contribution is -0.385. The molecule has 2 aliphatic heterocycles. The predicted octanol–water partition coefficient (Wildman–Crippen LogP) is 1.57. The minimum atomic E-state index is -2.94. The number of rotatable bonds is 3. The van der Waals surface area contributed by atoms with Gasteiger partial charge >= 0.3 is 0 Å². The number of nitro benzene ring substituents is 1. The van der Waals surface area contributed by atoms with E-state index in [1.807, 2.05) is 0 Å². The van der Waals surface area contributed by atoms with Crippen LogP contribution < -0.4 is 4.90 Å². The van der Waals surface area contributed by atoms with Crippen LogP contribution in [0.25, 0.3) is 0 Å². The van der Waals surface area contributed by atoms with Gasteiger partial charge in [0.05, 0.1) is 28.6 Å². The summed E-state index contributed by atoms with van der Waals surface area (Å²) in [5.74, 6) is -1.57. The van der Waals surface area contributed by atoms with Crippen molar-refractivity contribution in [3.8, 4) is 0 Å². The van der Waals surface area contributed by atoms with Gasteiger partial charge in [-0.05, 0) is 12.8 Å². The third-order valence-corrected chi connectivity index (χ3v) is 6.50. The number of piperidine rings is 1. The number of nitrogens with zero attached hydrogens (tertiary/aromatic N) is 3. The topological polar surface area (TPSA) is 83.8 Å². The smallest absolute Gasteiger partial charge is 0.275 e. The normalized spacial score (nSPS) is 22.1. The summed E-state index contributed by atoms with van der Waals surface area (Å²) in [4.78, 5) is 13.5. The van der Waals surface area contributed by atoms with Gasteiger partial charge < -0.3 is 4.90 Å². The second-order valence-corrected chi connectivity index (χ2v) is 8.72. The maximum atomic E-state index is 14.1. The highest BCUT2D eigenvalue weighted by Gasteiger charge is 2.31. The molecular formula is C15H19F2N3O4S. The largest absolute Gasteiger partial charge is 0.367 e. The second kappa shape index (κ2) is 6.83. The monoisotopic (exact) mass is 375 g/mol. The zero-order chi connectivity index (χ0) is 18.2. The number of non-ortho nitro benzene ring substituents is 1. The van der Waals surface area contributed by atoms with E-state index in [1.165, 1.54) is 0 Å². The molecule has 1 aromatic rings. The van der Waals surface area contributed by atoms with E-state index in [2.05, 4.69) is 4.90 Å². The van der Waals surface area contributed by atoms with Crippen molar-refractivity contribution in [1.29, 1.82) is 0 Å². The molecule has 0 aromatic heterocycles. The molecule has 0 bridgehead atoms. The highest BCUT2D eigenvalue weighted by molar-refractivity contribution is 7.91. The molecule has 0 N–H and O–H groups in total. The first kappa shape index (κ1) is 18.0. The van der Waals surface area contributed by atoms with Crippen molar-refractivity contribution in [3.05, 3.63) is 33.9 Å². The van der Waals surface area contributed by atoms with Crippen LogP contribution in [0.5, 0.6) is 0 Å². The van der Waals surface area contributed by atoms with Gasteiger partial charge in [-0.2, -0.15) is 0 Å². The van der Waals surface area contributed by atoms with Crippen LogP contribution in [-0.4, -0.2) is 62.0 Å². The lowest BCUT2D eigenvalue weighted by atomic mass is 10.0. The van der Waals surface area contributed by atoms with E-state index in [0.717, 1.165) is 12.1 Å². The van der Waals surface area contributed by atoms with Gasteiger partial charge in [-0.1, -0.05) is 0 Å². The highest BCUT2D eigenvalue weighted by Crippen LogP contribution is 2.31. The Morgan fingerprint density at radius 1 is 1.04 bits per heavy atom. The molecule has 0 radical (unpaired) electrons. The average molecular weight is 375 g/mol. The van der Waals surface area contributed by atoms with Crippen molar-refractivity contribution >= 4 is 21.2 Å². The van der Waals surface area contributed by atoms with E-state index < -0.39 is 32.1 Å². The number of hydrogen-bond donors (Lipinski definition) is 0. The zero-order valence-electron chi connectivity index (χ0n) is 13.5. The fourth-order valence-electron chi connectivity index (χ4n) is 3.51. The van der Waals surface area contributed by atoms with Gasteiger partial charge in [0.25, 0.3) is 5.69 Å². The summed E-state index contributed by atoms with van der Waals surface area (Å²) in [6.45, 7) is 1.82. The van der Waals surface area contributed by atoms with Crippen LogP contribution in [0.3, 0.4) is 0 Å². The number of hydrogen-bond acceptors (Lipinski definition) is 6. The van der Waals surface area contributed by atoms with Crippen molar-refractivity contribution in [1.82, 2.24) is 4.90 Å². The molecule has 3 rings (SSSR count). The molecule has 0 atom stereocenters. The summed E-state index contributed by atoms with van der Waals surface area (Å²) in [6, 6.07) is 1.66. The Bertz CT molecular complexity index is 742. The minimum Gasteiger partial charge on any atom is -0.367 e. The zero-order valence-corrected chi connectivity index (χ0v) is 14.3. The Labute approximate surface area is 144 Å². The number of sulfone groups is 1. The van der Waals surface area contributed by atoms with Crippen molar-refractivity contribution in [2.24, 2.45) is 0 Å². The molecular weight excluding hydrogens is 356 g/mol. The van der Waals surface area contributed by atoms with Crippen molar-refractivity contribution in [3.63, 3.8) is 0 Å². The van der Waals surface area contributed by atoms with Gasteiger partial charge in [0.1, 0.15) is 5.69 Å². The molecule has 138 valence electrons. The molecule has 25 heavy (non-hydrogen) atoms. The van der Waals surface area contributed by atoms with Gasteiger partial charge in [0, 0.05) is 32.2 Å². The molecule has 0 saturated carbocycles. The summed E-state index contributed by atoms with van der Waals surface area (Å²) >= 11 is 0. The molecule has 10 heteroatoms. The van der Waals surface area contributed by atoms with E-state index in [9.17, 15) is 27.3 Å². The molecule has 1 aromatic carbocycles. The quantitative estimate of drug-likeness (QED) is 0.589. The Morgan fingerprint density at radius 3 is 2.04 bits per heavy atom. The van der Waals surface area contributed by atoms with Gasteiger partial charge in [-0.25, -0.2) is 17.2 Å². The van der Waals surface area contributed by atoms with E-state index in [0.29, 0.717) is 39.0 Å². The van der Waals surface area contributed by atoms with Crippen molar-refractivity contribution in [2.45, 2.75) is 18.9 Å². The molecule has 0 unspecified atom stereocenters. The Morgan fingerprint density at radius 2 is 1.56 bits per heavy atom. The summed E-state index contributed by atoms with van der Waals surface area (Å²) in [6.07, 6.45) is 1.33. The number of nitro groups is 1. The summed E-state index contributed by atoms with van der Waals surface area (Å²) in [7, 11) is -2.94. The minimum absolute atomic E-state index is 0.152. The number of anilines is 1. The van der Waals surface area contributed by atoms with Gasteiger partial charge in [-0.15, -0.1) is 0 Å². The van der Waals surface area contributed by atoms with Crippen LogP contribution in [0.1, 0.15) is 12.8 Å². The first-order chi connectivity index (χ1) is 11.8. The lowest BCUT2D eigenvalue weighted by Gasteiger charge is -2.40. The van der Waals surface area contributed by atoms with Crippen LogP contribution >= 0.6 is 0 Å². The van der Waals surface area contributed by atoms with Gasteiger partial charge in [-0.3, -0.25) is 15.0 Å². The Kier molecular flexibility index (Phi) is 4.92. The fraction of sp³-hybridized carbons (Fsp3) is 0.600. The van der Waals surface area contributed by atoms with Gasteiger partial charge in [0.2, 0.25) is 0 Å². The molecule has 2 saturated heterocycles. The maximum absolute atomic E-state index is 14.1. The third-order valence-electron chi connectivity index (χ3n) is 4.89. The summed E-state index contributed by atoms with van der Waals surface area (Å²) < 4.78 is 51.3. The second-order valence-electron chi connectivity index (χ2n) is 6.42. The first-order valence-electron chi connectivity index (χ1n) is 8.10. The predicted molar refractivity (Wildman–Crippen MR) is 88.5 cm³/mol. The standard InChI is InChI=1S/C15H19F2N3O4S/c16-13-9-12(20(21)22)10-14(17)15(13)19-3-1-11(2-4-19)18-5-7-25(23,24)8-6-18/h9-11H,1-8H2. The van der Waals surface area contributed by atoms with Crippen LogP contribution in [0.4, 0.5) is 20.2 Å². The molecule has 2 fully saturated rings. The van der Waals surface area contributed by atoms with Crippen LogP contribution in [0.2, 0.25) is 0 Å². The van der Waals surface area contributed by atoms with Crippen LogP contribution in [0.15, 0.2) is 12.1 Å². The molecule has 2 heterocycles. The number of benzene rings is 1. The molecule has 0 amide bonds. The van der Waals surface area contributed by atoms with Gasteiger partial charge in [0.15, 0.2) is 21.5 Å². The molecule has 7 nitrogen and oxygen atoms in total.